The maximum atomic E-state index is 5.00. The van der Waals surface area contributed by atoms with E-state index in [0.29, 0.717) is 11.6 Å². The lowest BCUT2D eigenvalue weighted by Crippen LogP contribution is -2.53. The van der Waals surface area contributed by atoms with Gasteiger partial charge in [-0.3, -0.25) is 9.89 Å². The molecule has 2 unspecified atom stereocenters. The van der Waals surface area contributed by atoms with E-state index in [1.165, 1.54) is 56.7 Å². The van der Waals surface area contributed by atoms with E-state index in [0.717, 1.165) is 25.0 Å². The van der Waals surface area contributed by atoms with Crippen molar-refractivity contribution >= 4 is 17.7 Å². The molecule has 2 N–H and O–H groups in total. The summed E-state index contributed by atoms with van der Waals surface area (Å²) in [6.07, 6.45) is 6.71. The highest BCUT2D eigenvalue weighted by Crippen LogP contribution is 2.37. The number of nitrogens with zero attached hydrogens (tertiary/aromatic N) is 2. The molecule has 1 saturated heterocycles. The first kappa shape index (κ1) is 16.4. The van der Waals surface area contributed by atoms with Crippen LogP contribution in [0.3, 0.4) is 0 Å². The number of rotatable bonds is 5. The third-order valence-electron chi connectivity index (χ3n) is 5.52. The Morgan fingerprint density at radius 2 is 1.95 bits per heavy atom. The molecule has 3 rings (SSSR count). The van der Waals surface area contributed by atoms with Gasteiger partial charge in [0.1, 0.15) is 0 Å². The van der Waals surface area contributed by atoms with Gasteiger partial charge in [-0.2, -0.15) is 11.8 Å². The minimum atomic E-state index is 0.346. The summed E-state index contributed by atoms with van der Waals surface area (Å²) in [5, 5.41) is 7.04. The Balaban J connectivity index is 1.64. The summed E-state index contributed by atoms with van der Waals surface area (Å²) in [5.74, 6) is 4.44. The average Bonchev–Trinajstić information content (AvgIpc) is 3.03. The fourth-order valence-corrected chi connectivity index (χ4v) is 4.79. The van der Waals surface area contributed by atoms with Gasteiger partial charge < -0.3 is 10.6 Å². The second-order valence-electron chi connectivity index (χ2n) is 7.19. The lowest BCUT2D eigenvalue weighted by atomic mass is 9.95. The van der Waals surface area contributed by atoms with Crippen LogP contribution in [-0.4, -0.2) is 60.1 Å². The normalized spacial score (nSPS) is 32.0. The number of thioether (sulfide) groups is 1. The molecule has 3 aliphatic rings. The topological polar surface area (TPSA) is 39.7 Å². The van der Waals surface area contributed by atoms with E-state index in [9.17, 15) is 0 Å². The van der Waals surface area contributed by atoms with Gasteiger partial charge in [0.15, 0.2) is 5.96 Å². The van der Waals surface area contributed by atoms with Crippen LogP contribution in [0.1, 0.15) is 46.0 Å². The van der Waals surface area contributed by atoms with Crippen LogP contribution in [0.5, 0.6) is 0 Å². The monoisotopic (exact) mass is 324 g/mol. The number of aliphatic imine (C=N–C) groups is 1. The minimum absolute atomic E-state index is 0.346. The SMILES string of the molecule is CCNC(=NCC1(N2CCSCC2)CCCC1)NC1CC1C. The zero-order valence-corrected chi connectivity index (χ0v) is 15.1. The summed E-state index contributed by atoms with van der Waals surface area (Å²) in [6, 6.07) is 0.642. The second kappa shape index (κ2) is 7.43. The highest BCUT2D eigenvalue weighted by Gasteiger charge is 2.40. The van der Waals surface area contributed by atoms with Crippen molar-refractivity contribution < 1.29 is 0 Å². The fourth-order valence-electron chi connectivity index (χ4n) is 3.89. The summed E-state index contributed by atoms with van der Waals surface area (Å²) in [4.78, 5) is 7.76. The molecule has 2 saturated carbocycles. The van der Waals surface area contributed by atoms with Crippen LogP contribution in [0.15, 0.2) is 4.99 Å². The number of nitrogens with one attached hydrogen (secondary N) is 2. The first-order valence-corrected chi connectivity index (χ1v) is 10.3. The van der Waals surface area contributed by atoms with Crippen molar-refractivity contribution in [2.24, 2.45) is 10.9 Å². The van der Waals surface area contributed by atoms with Crippen LogP contribution in [0.25, 0.3) is 0 Å². The van der Waals surface area contributed by atoms with Crippen molar-refractivity contribution in [2.45, 2.75) is 57.5 Å². The quantitative estimate of drug-likeness (QED) is 0.601. The third kappa shape index (κ3) is 3.91. The van der Waals surface area contributed by atoms with E-state index in [2.05, 4.69) is 41.1 Å². The standard InChI is InChI=1S/C17H32N4S/c1-3-18-16(20-15-12-14(15)2)19-13-17(6-4-5-7-17)21-8-10-22-11-9-21/h14-15H,3-13H2,1-2H3,(H2,18,19,20). The molecule has 0 aromatic rings. The Morgan fingerprint density at radius 1 is 1.27 bits per heavy atom. The van der Waals surface area contributed by atoms with Crippen LogP contribution in [-0.2, 0) is 0 Å². The highest BCUT2D eigenvalue weighted by molar-refractivity contribution is 7.99. The second-order valence-corrected chi connectivity index (χ2v) is 8.41. The largest absolute Gasteiger partial charge is 0.357 e. The van der Waals surface area contributed by atoms with Gasteiger partial charge in [-0.25, -0.2) is 0 Å². The Labute approximate surface area is 139 Å². The third-order valence-corrected chi connectivity index (χ3v) is 6.47. The highest BCUT2D eigenvalue weighted by atomic mass is 32.2. The molecule has 0 aromatic carbocycles. The van der Waals surface area contributed by atoms with Gasteiger partial charge in [0, 0.05) is 42.7 Å². The molecular weight excluding hydrogens is 292 g/mol. The molecule has 22 heavy (non-hydrogen) atoms. The Hall–Kier alpha value is -0.420. The molecule has 5 heteroatoms. The molecule has 3 fully saturated rings. The number of guanidine groups is 1. The molecule has 1 heterocycles. The van der Waals surface area contributed by atoms with E-state index in [-0.39, 0.29) is 0 Å². The van der Waals surface area contributed by atoms with Gasteiger partial charge >= 0.3 is 0 Å². The predicted octanol–water partition coefficient (Wildman–Crippen LogP) is 2.31. The van der Waals surface area contributed by atoms with Gasteiger partial charge in [0.25, 0.3) is 0 Å². The number of hydrogen-bond donors (Lipinski definition) is 2. The summed E-state index contributed by atoms with van der Waals surface area (Å²) in [5.41, 5.74) is 0.346. The van der Waals surface area contributed by atoms with E-state index < -0.39 is 0 Å². The van der Waals surface area contributed by atoms with Crippen LogP contribution >= 0.6 is 11.8 Å². The van der Waals surface area contributed by atoms with Crippen molar-refractivity contribution in [3.63, 3.8) is 0 Å². The fraction of sp³-hybridized carbons (Fsp3) is 0.941. The Bertz CT molecular complexity index is 386. The molecule has 0 amide bonds. The molecular formula is C17H32N4S. The molecule has 2 aliphatic carbocycles. The zero-order valence-electron chi connectivity index (χ0n) is 14.2. The van der Waals surface area contributed by atoms with Gasteiger partial charge in [0.2, 0.25) is 0 Å². The van der Waals surface area contributed by atoms with Gasteiger partial charge in [-0.05, 0) is 32.1 Å². The molecule has 126 valence electrons. The van der Waals surface area contributed by atoms with Crippen LogP contribution in [0.2, 0.25) is 0 Å². The zero-order chi connectivity index (χ0) is 15.4. The molecule has 0 spiro atoms. The maximum absolute atomic E-state index is 5.00. The van der Waals surface area contributed by atoms with Gasteiger partial charge in [-0.1, -0.05) is 19.8 Å². The Kier molecular flexibility index (Phi) is 5.55. The van der Waals surface area contributed by atoms with E-state index >= 15 is 0 Å². The summed E-state index contributed by atoms with van der Waals surface area (Å²) < 4.78 is 0. The van der Waals surface area contributed by atoms with Crippen molar-refractivity contribution in [1.82, 2.24) is 15.5 Å². The summed E-state index contributed by atoms with van der Waals surface area (Å²) in [6.45, 7) is 8.88. The van der Waals surface area contributed by atoms with Gasteiger partial charge in [0.05, 0.1) is 6.54 Å². The molecule has 0 bridgehead atoms. The van der Waals surface area contributed by atoms with Crippen molar-refractivity contribution in [1.29, 1.82) is 0 Å². The van der Waals surface area contributed by atoms with Crippen LogP contribution < -0.4 is 10.6 Å². The maximum Gasteiger partial charge on any atom is 0.191 e. The smallest absolute Gasteiger partial charge is 0.191 e. The van der Waals surface area contributed by atoms with Crippen molar-refractivity contribution in [3.05, 3.63) is 0 Å². The lowest BCUT2D eigenvalue weighted by molar-refractivity contribution is 0.112. The summed E-state index contributed by atoms with van der Waals surface area (Å²) >= 11 is 2.10. The molecule has 1 aliphatic heterocycles. The van der Waals surface area contributed by atoms with Crippen LogP contribution in [0.4, 0.5) is 0 Å². The van der Waals surface area contributed by atoms with E-state index in [1.54, 1.807) is 0 Å². The van der Waals surface area contributed by atoms with Gasteiger partial charge in [-0.15, -0.1) is 0 Å². The van der Waals surface area contributed by atoms with Crippen molar-refractivity contribution in [3.8, 4) is 0 Å². The van der Waals surface area contributed by atoms with Crippen molar-refractivity contribution in [2.75, 3.05) is 37.7 Å². The molecule has 2 atom stereocenters. The molecule has 0 aromatic heterocycles. The lowest BCUT2D eigenvalue weighted by Gasteiger charge is -2.42. The minimum Gasteiger partial charge on any atom is -0.357 e. The van der Waals surface area contributed by atoms with E-state index in [4.69, 9.17) is 4.99 Å². The molecule has 0 radical (unpaired) electrons. The predicted molar refractivity (Wildman–Crippen MR) is 96.8 cm³/mol. The van der Waals surface area contributed by atoms with Crippen LogP contribution in [0, 0.1) is 5.92 Å². The Morgan fingerprint density at radius 3 is 2.55 bits per heavy atom. The first-order chi connectivity index (χ1) is 10.7. The summed E-state index contributed by atoms with van der Waals surface area (Å²) in [7, 11) is 0. The number of hydrogen-bond acceptors (Lipinski definition) is 3. The first-order valence-electron chi connectivity index (χ1n) is 9.11. The average molecular weight is 325 g/mol. The van der Waals surface area contributed by atoms with E-state index in [1.807, 2.05) is 0 Å². The molecule has 4 nitrogen and oxygen atoms in total.